The molecule has 4 unspecified atom stereocenters. The fourth-order valence-corrected chi connectivity index (χ4v) is 5.95. The van der Waals surface area contributed by atoms with E-state index in [1.165, 1.54) is 11.1 Å². The van der Waals surface area contributed by atoms with Crippen LogP contribution < -0.4 is 10.5 Å². The van der Waals surface area contributed by atoms with E-state index in [-0.39, 0.29) is 17.9 Å². The average Bonchev–Trinajstić information content (AvgIpc) is 2.73. The molecule has 2 aromatic rings. The van der Waals surface area contributed by atoms with Crippen LogP contribution in [0.4, 0.5) is 0 Å². The molecule has 2 aliphatic rings. The van der Waals surface area contributed by atoms with Gasteiger partial charge in [0.2, 0.25) is 0 Å². The van der Waals surface area contributed by atoms with Gasteiger partial charge in [0.25, 0.3) is 5.91 Å². The monoisotopic (exact) mass is 409 g/mol. The van der Waals surface area contributed by atoms with Crippen molar-refractivity contribution in [1.29, 1.82) is 0 Å². The maximum atomic E-state index is 11.7. The average molecular weight is 410 g/mol. The molecule has 0 bridgehead atoms. The number of hydrogen-bond donors (Lipinski definition) is 3. The molecule has 0 aromatic heterocycles. The summed E-state index contributed by atoms with van der Waals surface area (Å²) in [4.78, 5) is 11.0. The third-order valence-electron chi connectivity index (χ3n) is 7.51. The fourth-order valence-electron chi connectivity index (χ4n) is 5.95. The van der Waals surface area contributed by atoms with Crippen molar-refractivity contribution in [3.05, 3.63) is 65.2 Å². The van der Waals surface area contributed by atoms with Crippen LogP contribution in [-0.2, 0) is 22.2 Å². The predicted molar refractivity (Wildman–Crippen MR) is 115 cm³/mol. The molecule has 2 aromatic carbocycles. The topological polar surface area (TPSA) is 92.8 Å². The van der Waals surface area contributed by atoms with Crippen LogP contribution in [0.25, 0.3) is 0 Å². The number of fused-ring (bicyclic) bond motifs is 3. The van der Waals surface area contributed by atoms with E-state index in [1.54, 1.807) is 6.92 Å². The number of carbonyl (C=O) groups excluding carboxylic acids is 1. The summed E-state index contributed by atoms with van der Waals surface area (Å²) in [5.74, 6) is 0.403. The Bertz CT molecular complexity index is 941. The second-order valence-corrected chi connectivity index (χ2v) is 9.20. The molecule has 0 heterocycles. The Morgan fingerprint density at radius 3 is 2.60 bits per heavy atom. The Morgan fingerprint density at radius 2 is 1.93 bits per heavy atom. The molecule has 2 aliphatic carbocycles. The van der Waals surface area contributed by atoms with Crippen LogP contribution in [0.1, 0.15) is 56.2 Å². The lowest BCUT2D eigenvalue weighted by molar-refractivity contribution is -0.205. The zero-order valence-electron chi connectivity index (χ0n) is 17.7. The second kappa shape index (κ2) is 7.40. The number of ether oxygens (including phenoxy) is 1. The molecule has 1 saturated carbocycles. The zero-order chi connectivity index (χ0) is 21.6. The number of hydrogen-bond acceptors (Lipinski definition) is 4. The number of nitrogens with two attached hydrogens (primary N) is 1. The Kier molecular flexibility index (Phi) is 5.15. The van der Waals surface area contributed by atoms with E-state index in [1.807, 2.05) is 42.5 Å². The summed E-state index contributed by atoms with van der Waals surface area (Å²) in [6.07, 6.45) is 3.71. The SMILES string of the molecule is CCC12CC(C)(O)C(O)(c3ccccc3)CC1CCc1cc(OCC(N)=O)ccc12. The lowest BCUT2D eigenvalue weighted by Crippen LogP contribution is -2.62. The van der Waals surface area contributed by atoms with Crippen molar-refractivity contribution in [2.24, 2.45) is 11.7 Å². The minimum atomic E-state index is -1.28. The summed E-state index contributed by atoms with van der Waals surface area (Å²) in [7, 11) is 0. The van der Waals surface area contributed by atoms with E-state index in [0.29, 0.717) is 18.6 Å². The maximum absolute atomic E-state index is 11.7. The largest absolute Gasteiger partial charge is 0.484 e. The van der Waals surface area contributed by atoms with Gasteiger partial charge in [0.1, 0.15) is 11.4 Å². The lowest BCUT2D eigenvalue weighted by Gasteiger charge is -2.59. The third-order valence-corrected chi connectivity index (χ3v) is 7.51. The molecule has 5 heteroatoms. The first-order chi connectivity index (χ1) is 14.2. The van der Waals surface area contributed by atoms with E-state index < -0.39 is 17.1 Å². The zero-order valence-corrected chi connectivity index (χ0v) is 17.7. The Hall–Kier alpha value is -2.37. The minimum Gasteiger partial charge on any atom is -0.484 e. The molecule has 0 spiro atoms. The quantitative estimate of drug-likeness (QED) is 0.707. The number of primary amides is 1. The predicted octanol–water partition coefficient (Wildman–Crippen LogP) is 3.19. The second-order valence-electron chi connectivity index (χ2n) is 9.20. The Balaban J connectivity index is 1.72. The Labute approximate surface area is 177 Å². The number of amides is 1. The highest BCUT2D eigenvalue weighted by Gasteiger charge is 2.60. The van der Waals surface area contributed by atoms with Crippen molar-refractivity contribution in [2.75, 3.05) is 6.61 Å². The molecule has 1 fully saturated rings. The smallest absolute Gasteiger partial charge is 0.255 e. The van der Waals surface area contributed by atoms with Gasteiger partial charge in [0.15, 0.2) is 6.61 Å². The first-order valence-electron chi connectivity index (χ1n) is 10.8. The van der Waals surface area contributed by atoms with Crippen molar-refractivity contribution in [2.45, 2.75) is 62.6 Å². The lowest BCUT2D eigenvalue weighted by atomic mass is 9.49. The van der Waals surface area contributed by atoms with Gasteiger partial charge in [0, 0.05) is 5.41 Å². The van der Waals surface area contributed by atoms with Gasteiger partial charge in [-0.15, -0.1) is 0 Å². The van der Waals surface area contributed by atoms with Gasteiger partial charge in [0.05, 0.1) is 5.60 Å². The van der Waals surface area contributed by atoms with Crippen LogP contribution in [0.5, 0.6) is 5.75 Å². The van der Waals surface area contributed by atoms with E-state index in [2.05, 4.69) is 13.0 Å². The van der Waals surface area contributed by atoms with Gasteiger partial charge < -0.3 is 20.7 Å². The van der Waals surface area contributed by atoms with Gasteiger partial charge in [-0.05, 0) is 73.8 Å². The van der Waals surface area contributed by atoms with Gasteiger partial charge in [-0.3, -0.25) is 4.79 Å². The van der Waals surface area contributed by atoms with Crippen LogP contribution in [0.15, 0.2) is 48.5 Å². The summed E-state index contributed by atoms with van der Waals surface area (Å²) in [5, 5.41) is 23.3. The van der Waals surface area contributed by atoms with E-state index >= 15 is 0 Å². The molecular weight excluding hydrogens is 378 g/mol. The number of rotatable bonds is 5. The third kappa shape index (κ3) is 3.21. The van der Waals surface area contributed by atoms with Crippen LogP contribution in [0, 0.1) is 5.92 Å². The van der Waals surface area contributed by atoms with Crippen LogP contribution in [0.2, 0.25) is 0 Å². The molecule has 4 atom stereocenters. The minimum absolute atomic E-state index is 0.140. The van der Waals surface area contributed by atoms with Gasteiger partial charge in [-0.1, -0.05) is 43.3 Å². The van der Waals surface area contributed by atoms with Crippen LogP contribution in [0.3, 0.4) is 0 Å². The van der Waals surface area contributed by atoms with Gasteiger partial charge in [-0.2, -0.15) is 0 Å². The summed E-state index contributed by atoms with van der Waals surface area (Å²) in [5.41, 5.74) is 5.64. The van der Waals surface area contributed by atoms with Crippen molar-refractivity contribution in [3.8, 4) is 5.75 Å². The van der Waals surface area contributed by atoms with E-state index in [9.17, 15) is 15.0 Å². The molecule has 4 N–H and O–H groups in total. The maximum Gasteiger partial charge on any atom is 0.255 e. The fraction of sp³-hybridized carbons (Fsp3) is 0.480. The van der Waals surface area contributed by atoms with Crippen molar-refractivity contribution in [1.82, 2.24) is 0 Å². The molecule has 30 heavy (non-hydrogen) atoms. The highest BCUT2D eigenvalue weighted by Crippen LogP contribution is 2.60. The molecule has 0 radical (unpaired) electrons. The van der Waals surface area contributed by atoms with Gasteiger partial charge in [-0.25, -0.2) is 0 Å². The summed E-state index contributed by atoms with van der Waals surface area (Å²) < 4.78 is 5.50. The molecule has 1 amide bonds. The van der Waals surface area contributed by atoms with Gasteiger partial charge >= 0.3 is 0 Å². The first-order valence-corrected chi connectivity index (χ1v) is 10.8. The molecule has 160 valence electrons. The van der Waals surface area contributed by atoms with Crippen LogP contribution >= 0.6 is 0 Å². The summed E-state index contributed by atoms with van der Waals surface area (Å²) >= 11 is 0. The molecule has 0 aliphatic heterocycles. The Morgan fingerprint density at radius 1 is 1.20 bits per heavy atom. The molecule has 5 nitrogen and oxygen atoms in total. The van der Waals surface area contributed by atoms with Crippen molar-refractivity contribution < 1.29 is 19.7 Å². The summed E-state index contributed by atoms with van der Waals surface area (Å²) in [6, 6.07) is 15.5. The number of carbonyl (C=O) groups is 1. The highest BCUT2D eigenvalue weighted by molar-refractivity contribution is 5.75. The number of aryl methyl sites for hydroxylation is 1. The molecular formula is C25H31NO4. The van der Waals surface area contributed by atoms with E-state index in [0.717, 1.165) is 24.8 Å². The summed E-state index contributed by atoms with van der Waals surface area (Å²) in [6.45, 7) is 3.80. The first kappa shape index (κ1) is 20.9. The standard InChI is InChI=1S/C25H31NO4/c1-3-24-16-23(2,28)25(29,18-7-5-4-6-8-18)14-19(24)10-9-17-13-20(11-12-21(17)24)30-15-22(26)27/h4-8,11-13,19,28-29H,3,9-10,14-16H2,1-2H3,(H2,26,27). The number of aliphatic hydroxyl groups is 2. The molecule has 4 rings (SSSR count). The molecule has 0 saturated heterocycles. The highest BCUT2D eigenvalue weighted by atomic mass is 16.5. The van der Waals surface area contributed by atoms with Crippen molar-refractivity contribution >= 4 is 5.91 Å². The van der Waals surface area contributed by atoms with Crippen molar-refractivity contribution in [3.63, 3.8) is 0 Å². The normalized spacial score (nSPS) is 32.7. The van der Waals surface area contributed by atoms with Crippen LogP contribution in [-0.4, -0.2) is 28.3 Å². The van der Waals surface area contributed by atoms with E-state index in [4.69, 9.17) is 10.5 Å². The number of benzene rings is 2.